The first-order valence-electron chi connectivity index (χ1n) is 7.22. The van der Waals surface area contributed by atoms with E-state index >= 15 is 0 Å². The van der Waals surface area contributed by atoms with Crippen molar-refractivity contribution < 1.29 is 0 Å². The maximum atomic E-state index is 6.43. The van der Waals surface area contributed by atoms with E-state index in [2.05, 4.69) is 35.5 Å². The average Bonchev–Trinajstić information content (AvgIpc) is 2.87. The van der Waals surface area contributed by atoms with Crippen LogP contribution in [0.15, 0.2) is 30.6 Å². The Kier molecular flexibility index (Phi) is 5.21. The Labute approximate surface area is 125 Å². The number of aromatic nitrogens is 2. The van der Waals surface area contributed by atoms with Crippen LogP contribution in [-0.4, -0.2) is 15.6 Å². The second-order valence-electron chi connectivity index (χ2n) is 5.12. The molecule has 2 rings (SSSR count). The van der Waals surface area contributed by atoms with Gasteiger partial charge in [0, 0.05) is 24.9 Å². The molecule has 0 saturated heterocycles. The van der Waals surface area contributed by atoms with Gasteiger partial charge in [-0.25, -0.2) is 4.98 Å². The van der Waals surface area contributed by atoms with Crippen LogP contribution in [0.5, 0.6) is 0 Å². The highest BCUT2D eigenvalue weighted by molar-refractivity contribution is 6.32. The fourth-order valence-corrected chi connectivity index (χ4v) is 2.58. The van der Waals surface area contributed by atoms with Gasteiger partial charge in [0.1, 0.15) is 5.82 Å². The largest absolute Gasteiger partial charge is 0.327 e. The summed E-state index contributed by atoms with van der Waals surface area (Å²) in [6.45, 7) is 4.25. The molecule has 1 aromatic carbocycles. The molecule has 4 heteroatoms. The van der Waals surface area contributed by atoms with Crippen molar-refractivity contribution >= 4 is 11.6 Å². The molecule has 1 atom stereocenters. The van der Waals surface area contributed by atoms with Gasteiger partial charge in [0.25, 0.3) is 0 Å². The standard InChI is InChI=1S/C16H22ClN3/c1-3-5-16-19-8-9-20(16)15-7-6-12(11-14(15)17)10-13(18)4-2/h6-9,11,13H,3-5,10,18H2,1-2H3. The highest BCUT2D eigenvalue weighted by Crippen LogP contribution is 2.24. The van der Waals surface area contributed by atoms with Crippen LogP contribution in [-0.2, 0) is 12.8 Å². The minimum Gasteiger partial charge on any atom is -0.327 e. The molecule has 0 bridgehead atoms. The summed E-state index contributed by atoms with van der Waals surface area (Å²) in [7, 11) is 0. The monoisotopic (exact) mass is 291 g/mol. The summed E-state index contributed by atoms with van der Waals surface area (Å²) in [6, 6.07) is 6.37. The zero-order valence-corrected chi connectivity index (χ0v) is 12.9. The van der Waals surface area contributed by atoms with Crippen LogP contribution >= 0.6 is 11.6 Å². The quantitative estimate of drug-likeness (QED) is 0.881. The van der Waals surface area contributed by atoms with Gasteiger partial charge in [-0.05, 0) is 37.0 Å². The van der Waals surface area contributed by atoms with Crippen molar-refractivity contribution in [1.82, 2.24) is 9.55 Å². The van der Waals surface area contributed by atoms with Crippen LogP contribution in [0.3, 0.4) is 0 Å². The van der Waals surface area contributed by atoms with Crippen molar-refractivity contribution in [2.75, 3.05) is 0 Å². The molecular formula is C16H22ClN3. The first-order chi connectivity index (χ1) is 9.65. The molecule has 0 fully saturated rings. The van der Waals surface area contributed by atoms with Crippen LogP contribution < -0.4 is 5.73 Å². The van der Waals surface area contributed by atoms with E-state index in [9.17, 15) is 0 Å². The number of rotatable bonds is 6. The highest BCUT2D eigenvalue weighted by Gasteiger charge is 2.09. The Morgan fingerprint density at radius 1 is 1.35 bits per heavy atom. The predicted molar refractivity (Wildman–Crippen MR) is 84.5 cm³/mol. The van der Waals surface area contributed by atoms with Crippen molar-refractivity contribution in [1.29, 1.82) is 0 Å². The second-order valence-corrected chi connectivity index (χ2v) is 5.53. The summed E-state index contributed by atoms with van der Waals surface area (Å²) in [5.74, 6) is 1.05. The first-order valence-corrected chi connectivity index (χ1v) is 7.60. The van der Waals surface area contributed by atoms with Crippen LogP contribution in [0, 0.1) is 0 Å². The number of hydrogen-bond acceptors (Lipinski definition) is 2. The van der Waals surface area contributed by atoms with Crippen molar-refractivity contribution in [2.24, 2.45) is 5.73 Å². The van der Waals surface area contributed by atoms with Gasteiger partial charge < -0.3 is 10.3 Å². The number of imidazole rings is 1. The Hall–Kier alpha value is -1.32. The molecule has 0 radical (unpaired) electrons. The van der Waals surface area contributed by atoms with Gasteiger partial charge in [-0.2, -0.15) is 0 Å². The Morgan fingerprint density at radius 3 is 2.80 bits per heavy atom. The number of benzene rings is 1. The molecule has 0 aliphatic carbocycles. The van der Waals surface area contributed by atoms with E-state index in [-0.39, 0.29) is 6.04 Å². The molecule has 0 saturated carbocycles. The molecular weight excluding hydrogens is 270 g/mol. The Bertz CT molecular complexity index is 563. The lowest BCUT2D eigenvalue weighted by Gasteiger charge is -2.13. The normalized spacial score (nSPS) is 12.6. The van der Waals surface area contributed by atoms with Crippen LogP contribution in [0.25, 0.3) is 5.69 Å². The summed E-state index contributed by atoms with van der Waals surface area (Å²) >= 11 is 6.43. The molecule has 1 heterocycles. The molecule has 2 N–H and O–H groups in total. The van der Waals surface area contributed by atoms with E-state index in [1.54, 1.807) is 0 Å². The number of nitrogens with two attached hydrogens (primary N) is 1. The maximum Gasteiger partial charge on any atom is 0.113 e. The number of halogens is 1. The van der Waals surface area contributed by atoms with Crippen molar-refractivity contribution in [2.45, 2.75) is 45.6 Å². The third-order valence-electron chi connectivity index (χ3n) is 3.48. The van der Waals surface area contributed by atoms with Crippen LogP contribution in [0.2, 0.25) is 5.02 Å². The molecule has 1 unspecified atom stereocenters. The molecule has 108 valence electrons. The zero-order valence-electron chi connectivity index (χ0n) is 12.1. The summed E-state index contributed by atoms with van der Waals surface area (Å²) < 4.78 is 2.06. The fraction of sp³-hybridized carbons (Fsp3) is 0.438. The topological polar surface area (TPSA) is 43.8 Å². The lowest BCUT2D eigenvalue weighted by atomic mass is 10.0. The number of aryl methyl sites for hydroxylation is 1. The van der Waals surface area contributed by atoms with Crippen LogP contribution in [0.4, 0.5) is 0 Å². The molecule has 0 amide bonds. The molecule has 0 aliphatic rings. The molecule has 0 aliphatic heterocycles. The third-order valence-corrected chi connectivity index (χ3v) is 3.79. The molecule has 20 heavy (non-hydrogen) atoms. The number of nitrogens with zero attached hydrogens (tertiary/aromatic N) is 2. The van der Waals surface area contributed by atoms with Gasteiger partial charge in [0.15, 0.2) is 0 Å². The number of hydrogen-bond donors (Lipinski definition) is 1. The SMILES string of the molecule is CCCc1nccn1-c1ccc(CC(N)CC)cc1Cl. The van der Waals surface area contributed by atoms with Crippen molar-refractivity contribution in [3.8, 4) is 5.69 Å². The lowest BCUT2D eigenvalue weighted by Crippen LogP contribution is -2.21. The molecule has 0 spiro atoms. The van der Waals surface area contributed by atoms with Gasteiger partial charge in [-0.1, -0.05) is 31.5 Å². The molecule has 2 aromatic rings. The summed E-state index contributed by atoms with van der Waals surface area (Å²) in [6.07, 6.45) is 7.64. The van der Waals surface area contributed by atoms with E-state index in [0.717, 1.165) is 42.2 Å². The van der Waals surface area contributed by atoms with E-state index in [0.29, 0.717) is 0 Å². The summed E-state index contributed by atoms with van der Waals surface area (Å²) in [4.78, 5) is 4.39. The van der Waals surface area contributed by atoms with Crippen molar-refractivity contribution in [3.05, 3.63) is 47.0 Å². The van der Waals surface area contributed by atoms with Gasteiger partial charge in [-0.3, -0.25) is 0 Å². The van der Waals surface area contributed by atoms with Crippen molar-refractivity contribution in [3.63, 3.8) is 0 Å². The fourth-order valence-electron chi connectivity index (χ4n) is 2.28. The maximum absolute atomic E-state index is 6.43. The lowest BCUT2D eigenvalue weighted by molar-refractivity contribution is 0.646. The second kappa shape index (κ2) is 6.91. The predicted octanol–water partition coefficient (Wildman–Crippen LogP) is 3.76. The minimum absolute atomic E-state index is 0.195. The first kappa shape index (κ1) is 15.1. The third kappa shape index (κ3) is 3.41. The zero-order chi connectivity index (χ0) is 14.5. The van der Waals surface area contributed by atoms with Gasteiger partial charge in [0.2, 0.25) is 0 Å². The Morgan fingerprint density at radius 2 is 2.15 bits per heavy atom. The van der Waals surface area contributed by atoms with E-state index in [1.807, 2.05) is 18.5 Å². The summed E-state index contributed by atoms with van der Waals surface area (Å²) in [5, 5.41) is 0.751. The van der Waals surface area contributed by atoms with E-state index in [1.165, 1.54) is 5.56 Å². The van der Waals surface area contributed by atoms with E-state index < -0.39 is 0 Å². The summed E-state index contributed by atoms with van der Waals surface area (Å²) in [5.41, 5.74) is 8.17. The smallest absolute Gasteiger partial charge is 0.113 e. The molecule has 1 aromatic heterocycles. The average molecular weight is 292 g/mol. The Balaban J connectivity index is 2.27. The minimum atomic E-state index is 0.195. The van der Waals surface area contributed by atoms with Gasteiger partial charge in [-0.15, -0.1) is 0 Å². The van der Waals surface area contributed by atoms with Crippen LogP contribution in [0.1, 0.15) is 38.1 Å². The van der Waals surface area contributed by atoms with Gasteiger partial charge in [0.05, 0.1) is 10.7 Å². The van der Waals surface area contributed by atoms with Gasteiger partial charge >= 0.3 is 0 Å². The van der Waals surface area contributed by atoms with E-state index in [4.69, 9.17) is 17.3 Å². The molecule has 3 nitrogen and oxygen atoms in total. The highest BCUT2D eigenvalue weighted by atomic mass is 35.5.